The Kier molecular flexibility index (Phi) is 5.46. The molecule has 0 saturated carbocycles. The maximum absolute atomic E-state index is 13.9. The number of aromatic nitrogens is 3. The standard InChI is InChI=1S/C19H19F3N4O/c1-3-14(27)9-13-10-17(24-16-5-4-15(20)18(21)19(16)22)25-26(13)12-6-7-23-11(2)8-12/h4-8,10,14,27H,3,9H2,1-2H3,(H,24,25). The highest BCUT2D eigenvalue weighted by molar-refractivity contribution is 5.58. The van der Waals surface area contributed by atoms with E-state index in [1.165, 1.54) is 0 Å². The van der Waals surface area contributed by atoms with E-state index in [0.717, 1.165) is 23.5 Å². The number of hydrogen-bond acceptors (Lipinski definition) is 4. The molecule has 0 aliphatic rings. The Morgan fingerprint density at radius 2 is 1.93 bits per heavy atom. The minimum absolute atomic E-state index is 0.230. The fourth-order valence-electron chi connectivity index (χ4n) is 2.66. The maximum Gasteiger partial charge on any atom is 0.196 e. The van der Waals surface area contributed by atoms with Gasteiger partial charge in [-0.2, -0.15) is 0 Å². The molecule has 0 radical (unpaired) electrons. The molecule has 3 rings (SSSR count). The maximum atomic E-state index is 13.9. The molecule has 1 atom stereocenters. The van der Waals surface area contributed by atoms with E-state index in [4.69, 9.17) is 0 Å². The van der Waals surface area contributed by atoms with Crippen LogP contribution in [0.25, 0.3) is 5.69 Å². The van der Waals surface area contributed by atoms with Crippen molar-refractivity contribution < 1.29 is 18.3 Å². The van der Waals surface area contributed by atoms with Crippen LogP contribution < -0.4 is 5.32 Å². The summed E-state index contributed by atoms with van der Waals surface area (Å²) in [4.78, 5) is 4.14. The predicted octanol–water partition coefficient (Wildman–Crippen LogP) is 4.05. The Bertz CT molecular complexity index is 958. The Morgan fingerprint density at radius 1 is 1.15 bits per heavy atom. The number of rotatable bonds is 6. The van der Waals surface area contributed by atoms with Crippen LogP contribution >= 0.6 is 0 Å². The number of aliphatic hydroxyl groups is 1. The van der Waals surface area contributed by atoms with Crippen LogP contribution in [0, 0.1) is 24.4 Å². The summed E-state index contributed by atoms with van der Waals surface area (Å²) in [5, 5.41) is 17.1. The third-order valence-corrected chi connectivity index (χ3v) is 4.12. The largest absolute Gasteiger partial charge is 0.393 e. The van der Waals surface area contributed by atoms with E-state index in [0.29, 0.717) is 18.5 Å². The van der Waals surface area contributed by atoms with E-state index in [9.17, 15) is 18.3 Å². The van der Waals surface area contributed by atoms with Gasteiger partial charge in [0.05, 0.1) is 17.5 Å². The molecule has 0 bridgehead atoms. The average Bonchev–Trinajstić information content (AvgIpc) is 3.04. The molecule has 2 aromatic heterocycles. The number of nitrogens with zero attached hydrogens (tertiary/aromatic N) is 3. The zero-order valence-electron chi connectivity index (χ0n) is 14.9. The molecule has 3 aromatic rings. The van der Waals surface area contributed by atoms with Crippen LogP contribution in [0.4, 0.5) is 24.7 Å². The topological polar surface area (TPSA) is 63.0 Å². The van der Waals surface area contributed by atoms with Crippen molar-refractivity contribution in [2.45, 2.75) is 32.8 Å². The number of halogens is 3. The van der Waals surface area contributed by atoms with Gasteiger partial charge in [0.25, 0.3) is 0 Å². The zero-order valence-corrected chi connectivity index (χ0v) is 14.9. The van der Waals surface area contributed by atoms with Gasteiger partial charge in [-0.15, -0.1) is 5.10 Å². The van der Waals surface area contributed by atoms with Gasteiger partial charge < -0.3 is 10.4 Å². The van der Waals surface area contributed by atoms with E-state index in [-0.39, 0.29) is 11.5 Å². The van der Waals surface area contributed by atoms with Crippen molar-refractivity contribution in [1.29, 1.82) is 0 Å². The molecule has 0 spiro atoms. The van der Waals surface area contributed by atoms with Gasteiger partial charge in [0.15, 0.2) is 23.3 Å². The number of hydrogen-bond donors (Lipinski definition) is 2. The van der Waals surface area contributed by atoms with E-state index < -0.39 is 23.6 Å². The molecule has 27 heavy (non-hydrogen) atoms. The predicted molar refractivity (Wildman–Crippen MR) is 95.7 cm³/mol. The molecule has 2 N–H and O–H groups in total. The lowest BCUT2D eigenvalue weighted by molar-refractivity contribution is 0.169. The molecule has 2 heterocycles. The molecule has 5 nitrogen and oxygen atoms in total. The summed E-state index contributed by atoms with van der Waals surface area (Å²) in [5.41, 5.74) is 1.96. The minimum atomic E-state index is -1.55. The van der Waals surface area contributed by atoms with Crippen molar-refractivity contribution in [2.24, 2.45) is 0 Å². The van der Waals surface area contributed by atoms with Gasteiger partial charge in [-0.3, -0.25) is 4.98 Å². The second-order valence-electron chi connectivity index (χ2n) is 6.20. The van der Waals surface area contributed by atoms with Crippen LogP contribution in [0.5, 0.6) is 0 Å². The van der Waals surface area contributed by atoms with Gasteiger partial charge in [-0.1, -0.05) is 6.92 Å². The van der Waals surface area contributed by atoms with Crippen LogP contribution in [-0.2, 0) is 6.42 Å². The van der Waals surface area contributed by atoms with E-state index in [1.54, 1.807) is 23.0 Å². The molecule has 0 aliphatic carbocycles. The molecule has 0 aliphatic heterocycles. The van der Waals surface area contributed by atoms with Crippen molar-refractivity contribution in [2.75, 3.05) is 5.32 Å². The number of aryl methyl sites for hydroxylation is 1. The van der Waals surface area contributed by atoms with Crippen LogP contribution in [-0.4, -0.2) is 26.0 Å². The lowest BCUT2D eigenvalue weighted by atomic mass is 10.1. The van der Waals surface area contributed by atoms with Gasteiger partial charge in [-0.05, 0) is 37.6 Å². The quantitative estimate of drug-likeness (QED) is 0.637. The first-order valence-electron chi connectivity index (χ1n) is 8.49. The Labute approximate surface area is 154 Å². The molecular formula is C19H19F3N4O. The smallest absolute Gasteiger partial charge is 0.196 e. The van der Waals surface area contributed by atoms with E-state index in [1.807, 2.05) is 19.9 Å². The fraction of sp³-hybridized carbons (Fsp3) is 0.263. The van der Waals surface area contributed by atoms with Gasteiger partial charge in [-0.25, -0.2) is 17.9 Å². The first-order chi connectivity index (χ1) is 12.9. The summed E-state index contributed by atoms with van der Waals surface area (Å²) in [5.74, 6) is -3.89. The summed E-state index contributed by atoms with van der Waals surface area (Å²) in [7, 11) is 0. The highest BCUT2D eigenvalue weighted by atomic mass is 19.2. The van der Waals surface area contributed by atoms with Crippen molar-refractivity contribution in [3.63, 3.8) is 0 Å². The molecule has 0 saturated heterocycles. The van der Waals surface area contributed by atoms with Crippen LogP contribution in [0.3, 0.4) is 0 Å². The molecule has 0 fully saturated rings. The van der Waals surface area contributed by atoms with Gasteiger partial charge in [0.1, 0.15) is 0 Å². The summed E-state index contributed by atoms with van der Waals surface area (Å²) in [6, 6.07) is 7.14. The SMILES string of the molecule is CCC(O)Cc1cc(Nc2ccc(F)c(F)c2F)nn1-c1ccnc(C)c1. The zero-order chi connectivity index (χ0) is 19.6. The van der Waals surface area contributed by atoms with Crippen molar-refractivity contribution >= 4 is 11.5 Å². The lowest BCUT2D eigenvalue weighted by Crippen LogP contribution is -2.12. The molecule has 0 amide bonds. The van der Waals surface area contributed by atoms with Crippen LogP contribution in [0.1, 0.15) is 24.7 Å². The third-order valence-electron chi connectivity index (χ3n) is 4.12. The van der Waals surface area contributed by atoms with Crippen LogP contribution in [0.15, 0.2) is 36.5 Å². The number of anilines is 2. The highest BCUT2D eigenvalue weighted by Crippen LogP contribution is 2.25. The van der Waals surface area contributed by atoms with Crippen LogP contribution in [0.2, 0.25) is 0 Å². The number of pyridine rings is 1. The second kappa shape index (κ2) is 7.79. The summed E-state index contributed by atoms with van der Waals surface area (Å²) < 4.78 is 42.1. The normalized spacial score (nSPS) is 12.2. The monoisotopic (exact) mass is 376 g/mol. The van der Waals surface area contributed by atoms with E-state index in [2.05, 4.69) is 15.4 Å². The van der Waals surface area contributed by atoms with Gasteiger partial charge in [0.2, 0.25) is 0 Å². The number of nitrogens with one attached hydrogen (secondary N) is 1. The minimum Gasteiger partial charge on any atom is -0.393 e. The lowest BCUT2D eigenvalue weighted by Gasteiger charge is -2.10. The summed E-state index contributed by atoms with van der Waals surface area (Å²) >= 11 is 0. The summed E-state index contributed by atoms with van der Waals surface area (Å²) in [6.07, 6.45) is 1.94. The van der Waals surface area contributed by atoms with Crippen molar-refractivity contribution in [3.8, 4) is 5.69 Å². The van der Waals surface area contributed by atoms with Gasteiger partial charge >= 0.3 is 0 Å². The third kappa shape index (κ3) is 4.11. The molecule has 142 valence electrons. The molecule has 1 unspecified atom stereocenters. The number of benzene rings is 1. The fourth-order valence-corrected chi connectivity index (χ4v) is 2.66. The Morgan fingerprint density at radius 3 is 2.63 bits per heavy atom. The van der Waals surface area contributed by atoms with Crippen molar-refractivity contribution in [3.05, 3.63) is 65.4 Å². The average molecular weight is 376 g/mol. The molecule has 1 aromatic carbocycles. The Balaban J connectivity index is 1.99. The van der Waals surface area contributed by atoms with Gasteiger partial charge in [0, 0.05) is 30.1 Å². The second-order valence-corrected chi connectivity index (χ2v) is 6.20. The summed E-state index contributed by atoms with van der Waals surface area (Å²) in [6.45, 7) is 3.70. The first kappa shape index (κ1) is 18.9. The highest BCUT2D eigenvalue weighted by Gasteiger charge is 2.17. The van der Waals surface area contributed by atoms with E-state index >= 15 is 0 Å². The molecule has 8 heteroatoms. The Hall–Kier alpha value is -2.87. The molecular weight excluding hydrogens is 357 g/mol. The van der Waals surface area contributed by atoms with Crippen molar-refractivity contribution in [1.82, 2.24) is 14.8 Å². The first-order valence-corrected chi connectivity index (χ1v) is 8.49. The number of aliphatic hydroxyl groups excluding tert-OH is 1.